The van der Waals surface area contributed by atoms with Gasteiger partial charge in [-0.05, 0) is 42.5 Å². The maximum atomic E-state index is 12.4. The van der Waals surface area contributed by atoms with Crippen LogP contribution in [0.15, 0.2) is 76.2 Å². The highest BCUT2D eigenvalue weighted by atomic mass is 32.2. The molecule has 0 radical (unpaired) electrons. The largest absolute Gasteiger partial charge is 0.468 e. The lowest BCUT2D eigenvalue weighted by atomic mass is 10.2. The first-order chi connectivity index (χ1) is 13.3. The molecule has 0 atom stereocenters. The molecular weight excluding hydrogens is 386 g/mol. The summed E-state index contributed by atoms with van der Waals surface area (Å²) in [5.41, 5.74) is 0.339. The topological polar surface area (TPSA) is 132 Å². The summed E-state index contributed by atoms with van der Waals surface area (Å²) >= 11 is 0. The van der Waals surface area contributed by atoms with Crippen LogP contribution in [0.1, 0.15) is 16.1 Å². The summed E-state index contributed by atoms with van der Waals surface area (Å²) in [4.78, 5) is 22.4. The zero-order valence-corrected chi connectivity index (χ0v) is 15.2. The number of anilines is 1. The van der Waals surface area contributed by atoms with E-state index in [9.17, 15) is 23.3 Å². The van der Waals surface area contributed by atoms with E-state index in [1.54, 1.807) is 12.1 Å². The summed E-state index contributed by atoms with van der Waals surface area (Å²) in [5.74, 6) is -0.0563. The van der Waals surface area contributed by atoms with Gasteiger partial charge in [-0.1, -0.05) is 6.07 Å². The minimum Gasteiger partial charge on any atom is -0.468 e. The summed E-state index contributed by atoms with van der Waals surface area (Å²) in [6.07, 6.45) is 1.44. The number of rotatable bonds is 7. The molecule has 144 valence electrons. The lowest BCUT2D eigenvalue weighted by Crippen LogP contribution is -2.23. The number of hydrogen-bond acceptors (Lipinski definition) is 6. The van der Waals surface area contributed by atoms with Crippen LogP contribution in [0.3, 0.4) is 0 Å². The van der Waals surface area contributed by atoms with Gasteiger partial charge in [-0.15, -0.1) is 0 Å². The van der Waals surface area contributed by atoms with Gasteiger partial charge in [0, 0.05) is 23.4 Å². The van der Waals surface area contributed by atoms with Crippen molar-refractivity contribution in [2.75, 3.05) is 5.32 Å². The van der Waals surface area contributed by atoms with Gasteiger partial charge < -0.3 is 9.73 Å². The highest BCUT2D eigenvalue weighted by molar-refractivity contribution is 7.89. The van der Waals surface area contributed by atoms with Gasteiger partial charge in [0.05, 0.1) is 22.6 Å². The smallest absolute Gasteiger partial charge is 0.269 e. The van der Waals surface area contributed by atoms with Crippen LogP contribution >= 0.6 is 0 Å². The van der Waals surface area contributed by atoms with Crippen molar-refractivity contribution in [3.8, 4) is 0 Å². The molecule has 10 heteroatoms. The van der Waals surface area contributed by atoms with Crippen LogP contribution in [0.4, 0.5) is 11.4 Å². The number of benzene rings is 2. The third-order valence-corrected chi connectivity index (χ3v) is 5.16. The second-order valence-corrected chi connectivity index (χ2v) is 7.46. The van der Waals surface area contributed by atoms with Gasteiger partial charge >= 0.3 is 0 Å². The Balaban J connectivity index is 1.71. The maximum Gasteiger partial charge on any atom is 0.269 e. The van der Waals surface area contributed by atoms with E-state index in [2.05, 4.69) is 10.0 Å². The summed E-state index contributed by atoms with van der Waals surface area (Å²) < 4.78 is 32.3. The SMILES string of the molecule is O=C(Nc1cccc(S(=O)(=O)NCc2ccco2)c1)c1ccc([N+](=O)[O-])cc1. The highest BCUT2D eigenvalue weighted by Crippen LogP contribution is 2.18. The quantitative estimate of drug-likeness (QED) is 0.462. The van der Waals surface area contributed by atoms with Crippen molar-refractivity contribution in [3.05, 3.63) is 88.4 Å². The number of non-ortho nitro benzene ring substituents is 1. The van der Waals surface area contributed by atoms with E-state index < -0.39 is 20.9 Å². The van der Waals surface area contributed by atoms with Crippen molar-refractivity contribution in [3.63, 3.8) is 0 Å². The molecule has 0 spiro atoms. The van der Waals surface area contributed by atoms with Crippen LogP contribution in [-0.4, -0.2) is 19.2 Å². The number of nitrogens with one attached hydrogen (secondary N) is 2. The van der Waals surface area contributed by atoms with E-state index in [0.29, 0.717) is 5.76 Å². The molecule has 0 bridgehead atoms. The first-order valence-corrected chi connectivity index (χ1v) is 9.51. The molecule has 1 heterocycles. The zero-order valence-electron chi connectivity index (χ0n) is 14.4. The minimum absolute atomic E-state index is 0.00524. The predicted molar refractivity (Wildman–Crippen MR) is 100 cm³/mol. The molecular formula is C18H15N3O6S. The Morgan fingerprint density at radius 2 is 1.82 bits per heavy atom. The zero-order chi connectivity index (χ0) is 20.1. The molecule has 2 aromatic carbocycles. The van der Waals surface area contributed by atoms with Crippen molar-refractivity contribution in [1.82, 2.24) is 4.72 Å². The summed E-state index contributed by atoms with van der Waals surface area (Å²) in [6.45, 7) is -0.00524. The number of hydrogen-bond donors (Lipinski definition) is 2. The molecule has 0 aliphatic carbocycles. The molecule has 3 rings (SSSR count). The Kier molecular flexibility index (Phi) is 5.52. The summed E-state index contributed by atoms with van der Waals surface area (Å²) in [5, 5.41) is 13.2. The Morgan fingerprint density at radius 1 is 1.07 bits per heavy atom. The fourth-order valence-corrected chi connectivity index (χ4v) is 3.38. The fraction of sp³-hybridized carbons (Fsp3) is 0.0556. The van der Waals surface area contributed by atoms with E-state index in [4.69, 9.17) is 4.42 Å². The molecule has 0 saturated heterocycles. The second kappa shape index (κ2) is 8.03. The molecule has 3 aromatic rings. The third kappa shape index (κ3) is 4.61. The average Bonchev–Trinajstić information content (AvgIpc) is 3.20. The van der Waals surface area contributed by atoms with Gasteiger partial charge in [0.25, 0.3) is 11.6 Å². The Hall–Kier alpha value is -3.50. The lowest BCUT2D eigenvalue weighted by molar-refractivity contribution is -0.384. The third-order valence-electron chi connectivity index (χ3n) is 3.76. The van der Waals surface area contributed by atoms with Crippen LogP contribution in [0.5, 0.6) is 0 Å². The molecule has 2 N–H and O–H groups in total. The van der Waals surface area contributed by atoms with Crippen LogP contribution in [0.2, 0.25) is 0 Å². The predicted octanol–water partition coefficient (Wildman–Crippen LogP) is 2.92. The molecule has 0 saturated carbocycles. The number of sulfonamides is 1. The molecule has 1 aromatic heterocycles. The number of amides is 1. The van der Waals surface area contributed by atoms with E-state index in [1.807, 2.05) is 0 Å². The molecule has 1 amide bonds. The fourth-order valence-electron chi connectivity index (χ4n) is 2.34. The summed E-state index contributed by atoms with van der Waals surface area (Å²) in [6, 6.07) is 14.1. The Morgan fingerprint density at radius 3 is 2.46 bits per heavy atom. The van der Waals surface area contributed by atoms with Crippen molar-refractivity contribution < 1.29 is 22.6 Å². The highest BCUT2D eigenvalue weighted by Gasteiger charge is 2.16. The second-order valence-electron chi connectivity index (χ2n) is 5.69. The number of carbonyl (C=O) groups is 1. The van der Waals surface area contributed by atoms with Crippen LogP contribution in [-0.2, 0) is 16.6 Å². The van der Waals surface area contributed by atoms with Gasteiger partial charge in [-0.25, -0.2) is 13.1 Å². The first-order valence-electron chi connectivity index (χ1n) is 8.03. The molecule has 0 aliphatic heterocycles. The number of nitrogens with zero attached hydrogens (tertiary/aromatic N) is 1. The maximum absolute atomic E-state index is 12.4. The molecule has 0 fully saturated rings. The normalized spacial score (nSPS) is 11.1. The van der Waals surface area contributed by atoms with Crippen molar-refractivity contribution in [2.24, 2.45) is 0 Å². The Labute approximate surface area is 160 Å². The number of nitro benzene ring substituents is 1. The van der Waals surface area contributed by atoms with Gasteiger partial charge in [-0.3, -0.25) is 14.9 Å². The van der Waals surface area contributed by atoms with Crippen molar-refractivity contribution >= 4 is 27.3 Å². The molecule has 28 heavy (non-hydrogen) atoms. The van der Waals surface area contributed by atoms with Crippen molar-refractivity contribution in [2.45, 2.75) is 11.4 Å². The minimum atomic E-state index is -3.81. The molecule has 9 nitrogen and oxygen atoms in total. The average molecular weight is 401 g/mol. The van der Waals surface area contributed by atoms with Crippen LogP contribution in [0.25, 0.3) is 0 Å². The van der Waals surface area contributed by atoms with Gasteiger partial charge in [-0.2, -0.15) is 0 Å². The summed E-state index contributed by atoms with van der Waals surface area (Å²) in [7, 11) is -3.81. The first kappa shape index (κ1) is 19.3. The number of carbonyl (C=O) groups excluding carboxylic acids is 1. The van der Waals surface area contributed by atoms with E-state index >= 15 is 0 Å². The number of furan rings is 1. The molecule has 0 unspecified atom stereocenters. The van der Waals surface area contributed by atoms with Gasteiger partial charge in [0.15, 0.2) is 0 Å². The van der Waals surface area contributed by atoms with Crippen molar-refractivity contribution in [1.29, 1.82) is 0 Å². The van der Waals surface area contributed by atoms with Gasteiger partial charge in [0.2, 0.25) is 10.0 Å². The van der Waals surface area contributed by atoms with Crippen LogP contribution < -0.4 is 10.0 Å². The van der Waals surface area contributed by atoms with Crippen LogP contribution in [0, 0.1) is 10.1 Å². The van der Waals surface area contributed by atoms with Gasteiger partial charge in [0.1, 0.15) is 5.76 Å². The lowest BCUT2D eigenvalue weighted by Gasteiger charge is -2.09. The standard InChI is InChI=1S/C18H15N3O6S/c22-18(13-6-8-15(9-7-13)21(23)24)20-14-3-1-5-17(11-14)28(25,26)19-12-16-4-2-10-27-16/h1-11,19H,12H2,(H,20,22). The van der Waals surface area contributed by atoms with E-state index in [0.717, 1.165) is 0 Å². The monoisotopic (exact) mass is 401 g/mol. The van der Waals surface area contributed by atoms with E-state index in [1.165, 1.54) is 54.8 Å². The molecule has 0 aliphatic rings. The van der Waals surface area contributed by atoms with E-state index in [-0.39, 0.29) is 28.4 Å². The Bertz CT molecular complexity index is 1090. The number of nitro groups is 1.